The van der Waals surface area contributed by atoms with Crippen LogP contribution in [0.5, 0.6) is 23.0 Å². The molecule has 6 N–H and O–H groups in total. The van der Waals surface area contributed by atoms with Crippen LogP contribution in [0.15, 0.2) is 41.2 Å². The van der Waals surface area contributed by atoms with E-state index in [1.165, 1.54) is 85.1 Å². The zero-order valence-electron chi connectivity index (χ0n) is 37.8. The molecule has 5 aliphatic rings. The van der Waals surface area contributed by atoms with Gasteiger partial charge in [-0.15, -0.1) is 0 Å². The number of nitrogens with zero attached hydrogens (tertiary/aromatic N) is 3. The Morgan fingerprint density at radius 3 is 2.22 bits per heavy atom. The van der Waals surface area contributed by atoms with Crippen molar-refractivity contribution in [2.24, 2.45) is 28.8 Å². The molecule has 1 saturated heterocycles. The van der Waals surface area contributed by atoms with E-state index >= 15 is 0 Å². The van der Waals surface area contributed by atoms with Gasteiger partial charge in [0.05, 0.1) is 53.0 Å². The van der Waals surface area contributed by atoms with Crippen LogP contribution < -0.4 is 10.1 Å². The number of fused-ring (bicyclic) bond motifs is 14. The van der Waals surface area contributed by atoms with Crippen molar-refractivity contribution in [2.75, 3.05) is 38.6 Å². The molecule has 0 spiro atoms. The predicted molar refractivity (Wildman–Crippen MR) is 237 cm³/mol. The zero-order valence-corrected chi connectivity index (χ0v) is 37.8. The molecule has 4 aliphatic heterocycles. The van der Waals surface area contributed by atoms with Gasteiger partial charge < -0.3 is 49.8 Å². The van der Waals surface area contributed by atoms with Crippen LogP contribution in [-0.2, 0) is 23.8 Å². The standard InChI is InChI=1S/C47H64N4O12/c1-24-13-12-14-25(2)46(59)49-37-32(23-48-51-20-18-50(19-21-51)31-15-10-11-16-31)41(56)34-35(42(37)57)40(55)29(6)44-36(34)45(58)47(8,63-44)61-22-17-33(60-9)26(3)43(62-30(7)52)28(5)39(54)27(4)38(24)53/h12-14,17,22-24,26-28,31,33,38-39,43,53-57H,10-11,15-16,18-21H2,1-9H3,(H,49,59)/b13-12+,22-17+,25-14-,48-23?/t24-,26+,27+,28+,33?,38-,39+,43+,47?/m0/s1. The van der Waals surface area contributed by atoms with Gasteiger partial charge in [0.1, 0.15) is 23.4 Å². The number of hydrogen-bond acceptors (Lipinski definition) is 15. The van der Waals surface area contributed by atoms with E-state index in [0.717, 1.165) is 13.1 Å². The number of aliphatic hydroxyl groups excluding tert-OH is 2. The minimum absolute atomic E-state index is 0.0631. The lowest BCUT2D eigenvalue weighted by Gasteiger charge is -2.38. The number of piperazine rings is 1. The number of methoxy groups -OCH3 is 1. The van der Waals surface area contributed by atoms with Crippen LogP contribution >= 0.6 is 0 Å². The van der Waals surface area contributed by atoms with E-state index in [9.17, 15) is 39.9 Å². The Balaban J connectivity index is 1.47. The van der Waals surface area contributed by atoms with E-state index in [4.69, 9.17) is 18.9 Å². The molecule has 1 amide bonds. The molecule has 9 atom stereocenters. The van der Waals surface area contributed by atoms with Gasteiger partial charge in [0.25, 0.3) is 11.7 Å². The third-order valence-corrected chi connectivity index (χ3v) is 13.5. The molecule has 16 heteroatoms. The summed E-state index contributed by atoms with van der Waals surface area (Å²) in [5, 5.41) is 67.6. The third kappa shape index (κ3) is 9.40. The molecule has 344 valence electrons. The fourth-order valence-electron chi connectivity index (χ4n) is 9.47. The number of aliphatic hydroxyl groups is 2. The number of ether oxygens (including phenoxy) is 4. The number of rotatable bonds is 5. The summed E-state index contributed by atoms with van der Waals surface area (Å²) >= 11 is 0. The number of benzene rings is 2. The molecule has 0 aromatic heterocycles. The third-order valence-electron chi connectivity index (χ3n) is 13.5. The number of hydrogen-bond donors (Lipinski definition) is 6. The first-order valence-electron chi connectivity index (χ1n) is 21.9. The number of carbonyl (C=O) groups excluding carboxylic acids is 3. The molecular formula is C47H64N4O12. The lowest BCUT2D eigenvalue weighted by Crippen LogP contribution is -2.47. The number of phenolic OH excluding ortho intramolecular Hbond substituents is 3. The highest BCUT2D eigenvalue weighted by molar-refractivity contribution is 6.23. The molecule has 1 saturated carbocycles. The molecule has 4 heterocycles. The van der Waals surface area contributed by atoms with Crippen molar-refractivity contribution < 1.29 is 58.9 Å². The first-order chi connectivity index (χ1) is 29.8. The summed E-state index contributed by atoms with van der Waals surface area (Å²) in [5.41, 5.74) is -0.293. The minimum Gasteiger partial charge on any atom is -0.507 e. The van der Waals surface area contributed by atoms with Crippen molar-refractivity contribution in [3.63, 3.8) is 0 Å². The summed E-state index contributed by atoms with van der Waals surface area (Å²) in [6, 6.07) is 0.553. The Morgan fingerprint density at radius 1 is 0.921 bits per heavy atom. The highest BCUT2D eigenvalue weighted by Crippen LogP contribution is 2.55. The molecule has 1 aliphatic carbocycles. The number of hydrazone groups is 1. The second-order valence-electron chi connectivity index (χ2n) is 17.8. The Labute approximate surface area is 368 Å². The molecule has 2 unspecified atom stereocenters. The predicted octanol–water partition coefficient (Wildman–Crippen LogP) is 5.65. The fourth-order valence-corrected chi connectivity index (χ4v) is 9.47. The minimum atomic E-state index is -2.04. The van der Waals surface area contributed by atoms with Crippen LogP contribution in [0.25, 0.3) is 10.8 Å². The number of amides is 1. The largest absolute Gasteiger partial charge is 0.507 e. The lowest BCUT2D eigenvalue weighted by atomic mass is 9.78. The summed E-state index contributed by atoms with van der Waals surface area (Å²) < 4.78 is 23.7. The van der Waals surface area contributed by atoms with Gasteiger partial charge in [0.2, 0.25) is 0 Å². The van der Waals surface area contributed by atoms with Crippen LogP contribution in [0.4, 0.5) is 5.69 Å². The molecule has 63 heavy (non-hydrogen) atoms. The second-order valence-corrected chi connectivity index (χ2v) is 17.8. The van der Waals surface area contributed by atoms with Gasteiger partial charge in [-0.1, -0.05) is 58.8 Å². The van der Waals surface area contributed by atoms with E-state index in [0.29, 0.717) is 19.1 Å². The van der Waals surface area contributed by atoms with Crippen molar-refractivity contribution in [3.05, 3.63) is 52.8 Å². The van der Waals surface area contributed by atoms with Crippen molar-refractivity contribution in [3.8, 4) is 23.0 Å². The molecular weight excluding hydrogens is 813 g/mol. The average Bonchev–Trinajstić information content (AvgIpc) is 3.89. The van der Waals surface area contributed by atoms with E-state index < -0.39 is 88.8 Å². The van der Waals surface area contributed by atoms with Gasteiger partial charge in [0, 0.05) is 93.4 Å². The first kappa shape index (κ1) is 47.3. The number of Topliss-reactive ketones (excluding diaryl/α,β-unsaturated/α-hetero) is 1. The molecule has 2 aromatic rings. The van der Waals surface area contributed by atoms with Crippen molar-refractivity contribution in [1.82, 2.24) is 9.91 Å². The van der Waals surface area contributed by atoms with Gasteiger partial charge in [0.15, 0.2) is 5.75 Å². The number of allylic oxidation sites excluding steroid dienone is 2. The van der Waals surface area contributed by atoms with E-state index in [1.54, 1.807) is 39.8 Å². The fraction of sp³-hybridized carbons (Fsp3) is 0.574. The van der Waals surface area contributed by atoms with E-state index in [2.05, 4.69) is 15.3 Å². The summed E-state index contributed by atoms with van der Waals surface area (Å²) in [4.78, 5) is 43.2. The highest BCUT2D eigenvalue weighted by Gasteiger charge is 2.50. The van der Waals surface area contributed by atoms with Gasteiger partial charge >= 0.3 is 11.8 Å². The number of aromatic hydroxyl groups is 3. The van der Waals surface area contributed by atoms with Crippen LogP contribution in [0.1, 0.15) is 95.6 Å². The maximum absolute atomic E-state index is 14.5. The number of phenols is 3. The Bertz CT molecular complexity index is 2190. The summed E-state index contributed by atoms with van der Waals surface area (Å²) in [6.45, 7) is 15.4. The average molecular weight is 877 g/mol. The maximum atomic E-state index is 14.5. The Hall–Kier alpha value is -5.16. The summed E-state index contributed by atoms with van der Waals surface area (Å²) in [6.07, 6.45) is 9.75. The van der Waals surface area contributed by atoms with Gasteiger partial charge in [-0.3, -0.25) is 24.3 Å². The monoisotopic (exact) mass is 876 g/mol. The Kier molecular flexibility index (Phi) is 14.5. The zero-order chi connectivity index (χ0) is 46.1. The van der Waals surface area contributed by atoms with Crippen LogP contribution in [0.3, 0.4) is 0 Å². The topological polar surface area (TPSA) is 220 Å². The molecule has 7 rings (SSSR count). The Morgan fingerprint density at radius 2 is 1.59 bits per heavy atom. The van der Waals surface area contributed by atoms with Crippen molar-refractivity contribution in [2.45, 2.75) is 117 Å². The second kappa shape index (κ2) is 19.3. The number of anilines is 1. The van der Waals surface area contributed by atoms with Gasteiger partial charge in [-0.25, -0.2) is 0 Å². The number of ketones is 1. The van der Waals surface area contributed by atoms with Crippen molar-refractivity contribution >= 4 is 40.3 Å². The highest BCUT2D eigenvalue weighted by atomic mass is 16.7. The SMILES string of the molecule is COC1/C=C/OC2(C)Oc3c(C)c(O)c4c(O)c(c(C=NN5CCN(C6CCCC6)CC5)c(O)c4c3C2=O)NC(=O)/C(C)=C\C=C\[C@H](C)[C@H](O)[C@@H](C)[C@@H](O)[C@@H](C)[C@H](OC(C)=O)[C@@H]1C. The van der Waals surface area contributed by atoms with Gasteiger partial charge in [-0.2, -0.15) is 5.10 Å². The molecule has 2 fully saturated rings. The van der Waals surface area contributed by atoms with Gasteiger partial charge in [-0.05, 0) is 32.8 Å². The molecule has 2 aromatic carbocycles. The number of carbonyl (C=O) groups is 3. The van der Waals surface area contributed by atoms with Crippen LogP contribution in [0, 0.1) is 30.6 Å². The van der Waals surface area contributed by atoms with E-state index in [1.807, 2.05) is 5.01 Å². The van der Waals surface area contributed by atoms with Crippen molar-refractivity contribution in [1.29, 1.82) is 0 Å². The summed E-state index contributed by atoms with van der Waals surface area (Å²) in [7, 11) is 1.44. The molecule has 16 nitrogen and oxygen atoms in total. The summed E-state index contributed by atoms with van der Waals surface area (Å²) in [5.74, 6) is -8.28. The van der Waals surface area contributed by atoms with Crippen LogP contribution in [-0.4, -0.2) is 129 Å². The first-order valence-corrected chi connectivity index (χ1v) is 21.9. The number of nitrogens with one attached hydrogen (secondary N) is 1. The quantitative estimate of drug-likeness (QED) is 0.0926. The normalized spacial score (nSPS) is 32.4. The lowest BCUT2D eigenvalue weighted by molar-refractivity contribution is -0.160. The van der Waals surface area contributed by atoms with Crippen LogP contribution in [0.2, 0.25) is 0 Å². The van der Waals surface area contributed by atoms with E-state index in [-0.39, 0.29) is 44.5 Å². The number of esters is 1. The molecule has 0 radical (unpaired) electrons. The molecule has 5 bridgehead atoms. The smallest absolute Gasteiger partial charge is 0.312 e. The maximum Gasteiger partial charge on any atom is 0.312 e.